The maximum atomic E-state index is 3.99. The summed E-state index contributed by atoms with van der Waals surface area (Å²) in [5.41, 5.74) is 10.4. The molecule has 29 heavy (non-hydrogen) atoms. The van der Waals surface area contributed by atoms with E-state index in [1.165, 1.54) is 39.0 Å². The van der Waals surface area contributed by atoms with Gasteiger partial charge >= 0.3 is 0 Å². The lowest BCUT2D eigenvalue weighted by atomic mass is 9.94. The highest BCUT2D eigenvalue weighted by Crippen LogP contribution is 2.17. The molecule has 0 aliphatic rings. The summed E-state index contributed by atoms with van der Waals surface area (Å²) in [4.78, 5) is 0. The minimum Gasteiger partial charge on any atom is -0.0999 e. The molecule has 0 spiro atoms. The lowest BCUT2D eigenvalue weighted by Gasteiger charge is -2.12. The predicted molar refractivity (Wildman–Crippen MR) is 135 cm³/mol. The highest BCUT2D eigenvalue weighted by atomic mass is 14.1. The van der Waals surface area contributed by atoms with Crippen molar-refractivity contribution in [3.8, 4) is 0 Å². The molecule has 0 aromatic heterocycles. The molecule has 0 amide bonds. The Morgan fingerprint density at radius 2 is 1.34 bits per heavy atom. The van der Waals surface area contributed by atoms with Gasteiger partial charge in [-0.05, 0) is 87.3 Å². The van der Waals surface area contributed by atoms with Gasteiger partial charge in [0.25, 0.3) is 0 Å². The molecule has 0 radical (unpaired) electrons. The summed E-state index contributed by atoms with van der Waals surface area (Å²) in [6.45, 7) is 26.7. The summed E-state index contributed by atoms with van der Waals surface area (Å²) in [6, 6.07) is 13.2. The van der Waals surface area contributed by atoms with E-state index in [0.717, 1.165) is 12.0 Å². The molecular formula is C29H42. The first-order valence-corrected chi connectivity index (χ1v) is 10.7. The van der Waals surface area contributed by atoms with Gasteiger partial charge in [-0.2, -0.15) is 0 Å². The predicted octanol–water partition coefficient (Wildman–Crippen LogP) is 8.98. The molecule has 0 heteroatoms. The van der Waals surface area contributed by atoms with E-state index in [2.05, 4.69) is 97.2 Å². The van der Waals surface area contributed by atoms with Crippen LogP contribution in [-0.4, -0.2) is 0 Å². The number of hydrogen-bond donors (Lipinski definition) is 0. The first-order valence-electron chi connectivity index (χ1n) is 10.7. The summed E-state index contributed by atoms with van der Waals surface area (Å²) < 4.78 is 0. The average molecular weight is 391 g/mol. The number of allylic oxidation sites excluding steroid dienone is 3. The standard InChI is InChI=1S/C14H20.C13H16.C2H6/c1-10(2)12(4)8-14-7-6-11(3)13(5)9-14;1-10(2)5-7-13-8-6-11(3)12(4)9-13;1-2/h6-7,9,12H,1,8H2,2-5H3;5-9H,1H2,2-4H3;1-2H3/b;7-5+;. The van der Waals surface area contributed by atoms with Gasteiger partial charge in [-0.15, -0.1) is 0 Å². The van der Waals surface area contributed by atoms with Gasteiger partial charge in [0.1, 0.15) is 0 Å². The van der Waals surface area contributed by atoms with E-state index in [9.17, 15) is 0 Å². The van der Waals surface area contributed by atoms with Gasteiger partial charge in [0.2, 0.25) is 0 Å². The largest absolute Gasteiger partial charge is 0.0999 e. The Labute approximate surface area is 181 Å². The molecule has 0 N–H and O–H groups in total. The van der Waals surface area contributed by atoms with E-state index in [4.69, 9.17) is 0 Å². The smallest absolute Gasteiger partial charge is 0.0197 e. The monoisotopic (exact) mass is 390 g/mol. The zero-order valence-electron chi connectivity index (χ0n) is 20.3. The number of rotatable bonds is 5. The SMILES string of the molecule is C=C(C)/C=C/c1ccc(C)c(C)c1.C=C(C)C(C)Cc1ccc(C)c(C)c1.CC. The van der Waals surface area contributed by atoms with Crippen LogP contribution in [0.2, 0.25) is 0 Å². The molecule has 0 aliphatic heterocycles. The Bertz CT molecular complexity index is 818. The zero-order valence-corrected chi connectivity index (χ0v) is 20.3. The first-order chi connectivity index (χ1) is 13.6. The molecule has 0 fully saturated rings. The minimum atomic E-state index is 0.581. The third kappa shape index (κ3) is 10.7. The molecule has 2 rings (SSSR count). The molecule has 1 unspecified atom stereocenters. The number of benzene rings is 2. The summed E-state index contributed by atoms with van der Waals surface area (Å²) in [5, 5.41) is 0. The lowest BCUT2D eigenvalue weighted by Crippen LogP contribution is -2.00. The van der Waals surface area contributed by atoms with Crippen molar-refractivity contribution >= 4 is 6.08 Å². The fraction of sp³-hybridized carbons (Fsp3) is 0.379. The fourth-order valence-corrected chi connectivity index (χ4v) is 2.57. The molecule has 0 nitrogen and oxygen atoms in total. The van der Waals surface area contributed by atoms with Crippen LogP contribution < -0.4 is 0 Å². The van der Waals surface area contributed by atoms with Crippen LogP contribution in [0.15, 0.2) is 66.8 Å². The second-order valence-electron chi connectivity index (χ2n) is 7.89. The van der Waals surface area contributed by atoms with Gasteiger partial charge in [-0.25, -0.2) is 0 Å². The molecule has 2 aromatic rings. The van der Waals surface area contributed by atoms with Crippen molar-refractivity contribution in [3.05, 3.63) is 100 Å². The van der Waals surface area contributed by atoms with E-state index >= 15 is 0 Å². The van der Waals surface area contributed by atoms with Crippen LogP contribution in [0.3, 0.4) is 0 Å². The Kier molecular flexibility index (Phi) is 12.7. The Morgan fingerprint density at radius 1 is 0.828 bits per heavy atom. The van der Waals surface area contributed by atoms with E-state index in [-0.39, 0.29) is 0 Å². The van der Waals surface area contributed by atoms with Crippen LogP contribution in [0.25, 0.3) is 6.08 Å². The van der Waals surface area contributed by atoms with E-state index in [1.807, 2.05) is 26.8 Å². The van der Waals surface area contributed by atoms with Crippen LogP contribution in [0.1, 0.15) is 68.0 Å². The quantitative estimate of drug-likeness (QED) is 0.353. The maximum Gasteiger partial charge on any atom is -0.0197 e. The molecule has 158 valence electrons. The van der Waals surface area contributed by atoms with E-state index < -0.39 is 0 Å². The van der Waals surface area contributed by atoms with E-state index in [0.29, 0.717) is 5.92 Å². The molecule has 0 aliphatic carbocycles. The third-order valence-electron chi connectivity index (χ3n) is 5.05. The van der Waals surface area contributed by atoms with Gasteiger partial charge in [0.05, 0.1) is 0 Å². The number of hydrogen-bond acceptors (Lipinski definition) is 0. The highest BCUT2D eigenvalue weighted by molar-refractivity contribution is 5.54. The van der Waals surface area contributed by atoms with Crippen molar-refractivity contribution in [1.82, 2.24) is 0 Å². The van der Waals surface area contributed by atoms with Crippen molar-refractivity contribution in [2.24, 2.45) is 5.92 Å². The topological polar surface area (TPSA) is 0 Å². The molecule has 0 saturated heterocycles. The Hall–Kier alpha value is -2.34. The normalized spacial score (nSPS) is 11.1. The maximum absolute atomic E-state index is 3.99. The summed E-state index contributed by atoms with van der Waals surface area (Å²) in [5.74, 6) is 0.581. The zero-order chi connectivity index (χ0) is 22.6. The van der Waals surface area contributed by atoms with Gasteiger partial charge in [-0.1, -0.05) is 93.6 Å². The number of aryl methyl sites for hydroxylation is 4. The second kappa shape index (κ2) is 13.8. The summed E-state index contributed by atoms with van der Waals surface area (Å²) in [7, 11) is 0. The van der Waals surface area contributed by atoms with Gasteiger partial charge in [0, 0.05) is 0 Å². The first kappa shape index (κ1) is 26.7. The molecular weight excluding hydrogens is 348 g/mol. The Morgan fingerprint density at radius 3 is 1.79 bits per heavy atom. The van der Waals surface area contributed by atoms with Gasteiger partial charge in [-0.3, -0.25) is 0 Å². The highest BCUT2D eigenvalue weighted by Gasteiger charge is 2.04. The van der Waals surface area contributed by atoms with Gasteiger partial charge in [0.15, 0.2) is 0 Å². The molecule has 2 aromatic carbocycles. The molecule has 0 bridgehead atoms. The average Bonchev–Trinajstić information content (AvgIpc) is 2.67. The van der Waals surface area contributed by atoms with Crippen molar-refractivity contribution < 1.29 is 0 Å². The second-order valence-corrected chi connectivity index (χ2v) is 7.89. The van der Waals surface area contributed by atoms with Crippen LogP contribution in [-0.2, 0) is 6.42 Å². The van der Waals surface area contributed by atoms with Crippen LogP contribution in [0, 0.1) is 33.6 Å². The lowest BCUT2D eigenvalue weighted by molar-refractivity contribution is 0.680. The van der Waals surface area contributed by atoms with E-state index in [1.54, 1.807) is 0 Å². The van der Waals surface area contributed by atoms with Crippen molar-refractivity contribution in [2.75, 3.05) is 0 Å². The fourth-order valence-electron chi connectivity index (χ4n) is 2.57. The van der Waals surface area contributed by atoms with Crippen LogP contribution >= 0.6 is 0 Å². The minimum absolute atomic E-state index is 0.581. The summed E-state index contributed by atoms with van der Waals surface area (Å²) >= 11 is 0. The van der Waals surface area contributed by atoms with Crippen molar-refractivity contribution in [3.63, 3.8) is 0 Å². The summed E-state index contributed by atoms with van der Waals surface area (Å²) in [6.07, 6.45) is 5.23. The Balaban J connectivity index is 0.000000499. The van der Waals surface area contributed by atoms with Gasteiger partial charge < -0.3 is 0 Å². The van der Waals surface area contributed by atoms with Crippen molar-refractivity contribution in [1.29, 1.82) is 0 Å². The van der Waals surface area contributed by atoms with Crippen LogP contribution in [0.4, 0.5) is 0 Å². The van der Waals surface area contributed by atoms with Crippen molar-refractivity contribution in [2.45, 2.75) is 68.7 Å². The molecule has 1 atom stereocenters. The molecule has 0 saturated carbocycles. The molecule has 0 heterocycles. The van der Waals surface area contributed by atoms with Crippen LogP contribution in [0.5, 0.6) is 0 Å². The third-order valence-corrected chi connectivity index (χ3v) is 5.05.